The summed E-state index contributed by atoms with van der Waals surface area (Å²) >= 11 is 6.21. The summed E-state index contributed by atoms with van der Waals surface area (Å²) in [5.74, 6) is 0.167. The van der Waals surface area contributed by atoms with E-state index >= 15 is 0 Å². The number of carbonyl (C=O) groups is 1. The fourth-order valence-corrected chi connectivity index (χ4v) is 4.62. The van der Waals surface area contributed by atoms with E-state index in [1.54, 1.807) is 45.0 Å². The summed E-state index contributed by atoms with van der Waals surface area (Å²) in [6.07, 6.45) is 0. The molecule has 0 aliphatic rings. The zero-order valence-corrected chi connectivity index (χ0v) is 18.3. The Kier molecular flexibility index (Phi) is 6.55. The molecule has 1 heterocycles. The number of amides is 1. The number of para-hydroxylation sites is 1. The Labute approximate surface area is 179 Å². The number of rotatable bonds is 7. The molecule has 2 aromatic carbocycles. The standard InChI is InChI=1S/C20H21ClN4O4S/c1-4-25(5-2)30(27,28)14-10-11-17(21)16(12-14)20(26)23-18-9-7-6-8-15(18)19-22-13(3)29-24-19/h6-12H,4-5H2,1-3H3,(H,23,26). The van der Waals surface area contributed by atoms with Gasteiger partial charge in [0, 0.05) is 25.6 Å². The fraction of sp³-hybridized carbons (Fsp3) is 0.250. The molecule has 1 amide bonds. The van der Waals surface area contributed by atoms with E-state index in [0.717, 1.165) is 0 Å². The molecule has 0 saturated carbocycles. The average molecular weight is 449 g/mol. The van der Waals surface area contributed by atoms with Gasteiger partial charge < -0.3 is 9.84 Å². The summed E-state index contributed by atoms with van der Waals surface area (Å²) in [5, 5.41) is 6.78. The molecule has 1 aromatic heterocycles. The van der Waals surface area contributed by atoms with Crippen LogP contribution in [0, 0.1) is 6.92 Å². The van der Waals surface area contributed by atoms with Crippen LogP contribution in [0.4, 0.5) is 5.69 Å². The Morgan fingerprint density at radius 3 is 2.50 bits per heavy atom. The highest BCUT2D eigenvalue weighted by atomic mass is 35.5. The minimum atomic E-state index is -3.73. The molecule has 3 aromatic rings. The SMILES string of the molecule is CCN(CC)S(=O)(=O)c1ccc(Cl)c(C(=O)Nc2ccccc2-c2noc(C)n2)c1. The van der Waals surface area contributed by atoms with E-state index in [-0.39, 0.29) is 15.5 Å². The second-order valence-corrected chi connectivity index (χ2v) is 8.71. The molecule has 8 nitrogen and oxygen atoms in total. The first kappa shape index (κ1) is 21.9. The normalized spacial score (nSPS) is 11.6. The summed E-state index contributed by atoms with van der Waals surface area (Å²) in [6.45, 7) is 5.81. The molecule has 0 aliphatic carbocycles. The van der Waals surface area contributed by atoms with E-state index in [1.807, 2.05) is 0 Å². The van der Waals surface area contributed by atoms with Crippen molar-refractivity contribution in [3.63, 3.8) is 0 Å². The van der Waals surface area contributed by atoms with Gasteiger partial charge in [0.25, 0.3) is 5.91 Å². The molecule has 10 heteroatoms. The lowest BCUT2D eigenvalue weighted by Gasteiger charge is -2.19. The van der Waals surface area contributed by atoms with Gasteiger partial charge in [-0.3, -0.25) is 4.79 Å². The summed E-state index contributed by atoms with van der Waals surface area (Å²) in [4.78, 5) is 17.1. The van der Waals surface area contributed by atoms with Crippen molar-refractivity contribution in [1.82, 2.24) is 14.4 Å². The van der Waals surface area contributed by atoms with Crippen molar-refractivity contribution in [2.75, 3.05) is 18.4 Å². The van der Waals surface area contributed by atoms with Gasteiger partial charge >= 0.3 is 0 Å². The third-order valence-electron chi connectivity index (χ3n) is 4.47. The number of nitrogens with one attached hydrogen (secondary N) is 1. The van der Waals surface area contributed by atoms with Gasteiger partial charge in [-0.25, -0.2) is 8.42 Å². The van der Waals surface area contributed by atoms with Gasteiger partial charge in [0.05, 0.1) is 21.2 Å². The number of carbonyl (C=O) groups excluding carboxylic acids is 1. The first-order chi connectivity index (χ1) is 14.3. The number of halogens is 1. The molecular formula is C20H21ClN4O4S. The van der Waals surface area contributed by atoms with Crippen LogP contribution in [0.5, 0.6) is 0 Å². The Morgan fingerprint density at radius 2 is 1.87 bits per heavy atom. The van der Waals surface area contributed by atoms with Gasteiger partial charge in [-0.1, -0.05) is 42.7 Å². The number of benzene rings is 2. The first-order valence-corrected chi connectivity index (χ1v) is 11.1. The third-order valence-corrected chi connectivity index (χ3v) is 6.84. The minimum absolute atomic E-state index is 0.00262. The summed E-state index contributed by atoms with van der Waals surface area (Å²) < 4.78 is 31.9. The number of sulfonamides is 1. The molecule has 0 atom stereocenters. The summed E-state index contributed by atoms with van der Waals surface area (Å²) in [7, 11) is -3.73. The van der Waals surface area contributed by atoms with E-state index in [9.17, 15) is 13.2 Å². The molecule has 0 bridgehead atoms. The highest BCUT2D eigenvalue weighted by Gasteiger charge is 2.24. The number of hydrogen-bond donors (Lipinski definition) is 1. The predicted octanol–water partition coefficient (Wildman–Crippen LogP) is 3.98. The quantitative estimate of drug-likeness (QED) is 0.586. The second-order valence-electron chi connectivity index (χ2n) is 6.37. The van der Waals surface area contributed by atoms with Crippen LogP contribution in [-0.2, 0) is 10.0 Å². The summed E-state index contributed by atoms with van der Waals surface area (Å²) in [5.41, 5.74) is 1.05. The molecule has 0 unspecified atom stereocenters. The van der Waals surface area contributed by atoms with Crippen molar-refractivity contribution in [3.8, 4) is 11.4 Å². The van der Waals surface area contributed by atoms with Crippen molar-refractivity contribution in [1.29, 1.82) is 0 Å². The molecule has 1 N–H and O–H groups in total. The Hall–Kier alpha value is -2.75. The number of aryl methyl sites for hydroxylation is 1. The molecule has 3 rings (SSSR count). The monoisotopic (exact) mass is 448 g/mol. The van der Waals surface area contributed by atoms with Crippen molar-refractivity contribution in [2.24, 2.45) is 0 Å². The number of nitrogens with zero attached hydrogens (tertiary/aromatic N) is 3. The van der Waals surface area contributed by atoms with Crippen LogP contribution < -0.4 is 5.32 Å². The van der Waals surface area contributed by atoms with E-state index in [2.05, 4.69) is 15.5 Å². The van der Waals surface area contributed by atoms with Crippen LogP contribution in [0.25, 0.3) is 11.4 Å². The van der Waals surface area contributed by atoms with E-state index in [1.165, 1.54) is 22.5 Å². The zero-order valence-electron chi connectivity index (χ0n) is 16.7. The molecule has 0 saturated heterocycles. The molecule has 0 aliphatic heterocycles. The molecule has 0 spiro atoms. The highest BCUT2D eigenvalue weighted by Crippen LogP contribution is 2.28. The Balaban J connectivity index is 1.96. The number of anilines is 1. The van der Waals surface area contributed by atoms with Crippen LogP contribution in [0.15, 0.2) is 51.9 Å². The Morgan fingerprint density at radius 1 is 1.17 bits per heavy atom. The molecule has 0 radical (unpaired) electrons. The summed E-state index contributed by atoms with van der Waals surface area (Å²) in [6, 6.07) is 11.0. The van der Waals surface area contributed by atoms with Crippen LogP contribution >= 0.6 is 11.6 Å². The van der Waals surface area contributed by atoms with Crippen molar-refractivity contribution >= 4 is 33.2 Å². The first-order valence-electron chi connectivity index (χ1n) is 9.28. The predicted molar refractivity (Wildman–Crippen MR) is 114 cm³/mol. The van der Waals surface area contributed by atoms with Gasteiger partial charge in [-0.2, -0.15) is 9.29 Å². The van der Waals surface area contributed by atoms with Crippen LogP contribution in [0.2, 0.25) is 5.02 Å². The zero-order chi connectivity index (χ0) is 21.9. The molecule has 0 fully saturated rings. The topological polar surface area (TPSA) is 105 Å². The van der Waals surface area contributed by atoms with E-state index in [4.69, 9.17) is 16.1 Å². The van der Waals surface area contributed by atoms with Gasteiger partial charge in [-0.05, 0) is 30.3 Å². The van der Waals surface area contributed by atoms with E-state index < -0.39 is 15.9 Å². The third kappa shape index (κ3) is 4.38. The maximum absolute atomic E-state index is 12.9. The smallest absolute Gasteiger partial charge is 0.257 e. The maximum atomic E-state index is 12.9. The van der Waals surface area contributed by atoms with E-state index in [0.29, 0.717) is 36.1 Å². The lowest BCUT2D eigenvalue weighted by Crippen LogP contribution is -2.30. The molecule has 158 valence electrons. The van der Waals surface area contributed by atoms with Crippen molar-refractivity contribution < 1.29 is 17.7 Å². The van der Waals surface area contributed by atoms with Gasteiger partial charge in [0.2, 0.25) is 21.7 Å². The van der Waals surface area contributed by atoms with Crippen LogP contribution in [-0.4, -0.2) is 41.9 Å². The molecule has 30 heavy (non-hydrogen) atoms. The molecular weight excluding hydrogens is 428 g/mol. The maximum Gasteiger partial charge on any atom is 0.257 e. The number of hydrogen-bond acceptors (Lipinski definition) is 6. The lowest BCUT2D eigenvalue weighted by molar-refractivity contribution is 0.102. The van der Waals surface area contributed by atoms with Crippen LogP contribution in [0.3, 0.4) is 0 Å². The van der Waals surface area contributed by atoms with Crippen molar-refractivity contribution in [3.05, 3.63) is 58.9 Å². The second kappa shape index (κ2) is 8.95. The van der Waals surface area contributed by atoms with Gasteiger partial charge in [0.1, 0.15) is 0 Å². The van der Waals surface area contributed by atoms with Crippen LogP contribution in [0.1, 0.15) is 30.1 Å². The fourth-order valence-electron chi connectivity index (χ4n) is 2.94. The average Bonchev–Trinajstić information content (AvgIpc) is 3.15. The van der Waals surface area contributed by atoms with Crippen molar-refractivity contribution in [2.45, 2.75) is 25.7 Å². The minimum Gasteiger partial charge on any atom is -0.339 e. The van der Waals surface area contributed by atoms with Gasteiger partial charge in [0.15, 0.2) is 0 Å². The van der Waals surface area contributed by atoms with Gasteiger partial charge in [-0.15, -0.1) is 0 Å². The number of aromatic nitrogens is 2. The Bertz CT molecular complexity index is 1170. The highest BCUT2D eigenvalue weighted by molar-refractivity contribution is 7.89. The largest absolute Gasteiger partial charge is 0.339 e. The lowest BCUT2D eigenvalue weighted by atomic mass is 10.1.